The number of carbonyl (C=O) groups is 1. The fourth-order valence-corrected chi connectivity index (χ4v) is 3.36. The normalized spacial score (nSPS) is 12.4. The summed E-state index contributed by atoms with van der Waals surface area (Å²) in [6.45, 7) is 4.42. The summed E-state index contributed by atoms with van der Waals surface area (Å²) >= 11 is 0. The van der Waals surface area contributed by atoms with Gasteiger partial charge in [-0.25, -0.2) is 8.42 Å². The van der Waals surface area contributed by atoms with E-state index in [1.54, 1.807) is 36.2 Å². The maximum absolute atomic E-state index is 12.4. The lowest BCUT2D eigenvalue weighted by molar-refractivity contribution is -0.132. The predicted molar refractivity (Wildman–Crippen MR) is 107 cm³/mol. The quantitative estimate of drug-likeness (QED) is 0.645. The minimum atomic E-state index is -3.22. The van der Waals surface area contributed by atoms with Gasteiger partial charge >= 0.3 is 0 Å². The first-order valence-corrected chi connectivity index (χ1v) is 10.8. The molecule has 1 amide bonds. The van der Waals surface area contributed by atoms with E-state index >= 15 is 0 Å². The van der Waals surface area contributed by atoms with Crippen LogP contribution >= 0.6 is 0 Å². The van der Waals surface area contributed by atoms with Crippen LogP contribution in [0.4, 0.5) is 0 Å². The smallest absolute Gasteiger partial charge is 0.222 e. The Bertz CT molecular complexity index is 875. The molecule has 0 bridgehead atoms. The fraction of sp³-hybridized carbons (Fsp3) is 0.381. The van der Waals surface area contributed by atoms with Crippen molar-refractivity contribution in [1.82, 2.24) is 4.90 Å². The van der Waals surface area contributed by atoms with E-state index in [2.05, 4.69) is 0 Å². The van der Waals surface area contributed by atoms with Gasteiger partial charge in [-0.05, 0) is 55.7 Å². The highest BCUT2D eigenvalue weighted by Crippen LogP contribution is 2.22. The fourth-order valence-electron chi connectivity index (χ4n) is 2.73. The van der Waals surface area contributed by atoms with Crippen molar-refractivity contribution in [3.63, 3.8) is 0 Å². The Morgan fingerprint density at radius 3 is 2.41 bits per heavy atom. The van der Waals surface area contributed by atoms with Gasteiger partial charge in [-0.3, -0.25) is 4.79 Å². The second-order valence-corrected chi connectivity index (χ2v) is 8.81. The molecule has 1 unspecified atom stereocenters. The number of amides is 1. The summed E-state index contributed by atoms with van der Waals surface area (Å²) in [5.74, 6) is 0.845. The molecule has 2 aromatic rings. The van der Waals surface area contributed by atoms with Gasteiger partial charge in [-0.2, -0.15) is 0 Å². The highest BCUT2D eigenvalue weighted by molar-refractivity contribution is 7.90. The van der Waals surface area contributed by atoms with Gasteiger partial charge in [0.1, 0.15) is 5.75 Å². The standard InChI is InChI=1S/C21H27NO4S/c1-16-7-5-8-19(15-16)26-14-6-9-21(23)22(3)17(2)18-10-12-20(13-11-18)27(4,24)25/h5,7-8,10-13,15,17H,6,9,14H2,1-4H3. The van der Waals surface area contributed by atoms with Gasteiger partial charge in [0, 0.05) is 19.7 Å². The van der Waals surface area contributed by atoms with Gasteiger partial charge in [0.25, 0.3) is 0 Å². The van der Waals surface area contributed by atoms with E-state index in [4.69, 9.17) is 4.74 Å². The Hall–Kier alpha value is -2.34. The van der Waals surface area contributed by atoms with E-state index in [1.807, 2.05) is 38.1 Å². The molecule has 27 heavy (non-hydrogen) atoms. The van der Waals surface area contributed by atoms with Crippen molar-refractivity contribution in [2.75, 3.05) is 19.9 Å². The molecule has 5 nitrogen and oxygen atoms in total. The van der Waals surface area contributed by atoms with Gasteiger partial charge in [0.2, 0.25) is 5.91 Å². The molecule has 2 aromatic carbocycles. The highest BCUT2D eigenvalue weighted by Gasteiger charge is 2.18. The lowest BCUT2D eigenvalue weighted by atomic mass is 10.1. The second-order valence-electron chi connectivity index (χ2n) is 6.79. The number of carbonyl (C=O) groups excluding carboxylic acids is 1. The van der Waals surface area contributed by atoms with Crippen LogP contribution in [-0.2, 0) is 14.6 Å². The van der Waals surface area contributed by atoms with Crippen molar-refractivity contribution in [3.8, 4) is 5.75 Å². The van der Waals surface area contributed by atoms with Crippen molar-refractivity contribution in [3.05, 3.63) is 59.7 Å². The van der Waals surface area contributed by atoms with Gasteiger partial charge in [-0.15, -0.1) is 0 Å². The average molecular weight is 390 g/mol. The summed E-state index contributed by atoms with van der Waals surface area (Å²) in [7, 11) is -1.45. The SMILES string of the molecule is Cc1cccc(OCCCC(=O)N(C)C(C)c2ccc(S(C)(=O)=O)cc2)c1. The van der Waals surface area contributed by atoms with Crippen LogP contribution in [0, 0.1) is 6.92 Å². The van der Waals surface area contributed by atoms with Crippen molar-refractivity contribution in [1.29, 1.82) is 0 Å². The van der Waals surface area contributed by atoms with Gasteiger partial charge in [-0.1, -0.05) is 24.3 Å². The Labute approximate surface area is 161 Å². The van der Waals surface area contributed by atoms with Crippen molar-refractivity contribution < 1.29 is 17.9 Å². The summed E-state index contributed by atoms with van der Waals surface area (Å²) < 4.78 is 28.8. The largest absolute Gasteiger partial charge is 0.494 e. The molecule has 0 radical (unpaired) electrons. The van der Waals surface area contributed by atoms with Crippen LogP contribution in [0.5, 0.6) is 5.75 Å². The molecule has 0 spiro atoms. The molecule has 0 aliphatic heterocycles. The Balaban J connectivity index is 1.85. The molecule has 0 fully saturated rings. The molecule has 0 saturated carbocycles. The van der Waals surface area contributed by atoms with Crippen LogP contribution in [0.2, 0.25) is 0 Å². The number of rotatable bonds is 8. The number of nitrogens with zero attached hydrogens (tertiary/aromatic N) is 1. The third kappa shape index (κ3) is 6.10. The zero-order valence-electron chi connectivity index (χ0n) is 16.3. The lowest BCUT2D eigenvalue weighted by Crippen LogP contribution is -2.29. The summed E-state index contributed by atoms with van der Waals surface area (Å²) in [5.41, 5.74) is 2.04. The second kappa shape index (κ2) is 9.04. The molecular formula is C21H27NO4S. The molecule has 0 aliphatic rings. The molecule has 146 valence electrons. The van der Waals surface area contributed by atoms with E-state index in [0.29, 0.717) is 19.4 Å². The molecule has 2 rings (SSSR count). The first-order valence-electron chi connectivity index (χ1n) is 8.93. The van der Waals surface area contributed by atoms with Crippen LogP contribution < -0.4 is 4.74 Å². The van der Waals surface area contributed by atoms with Crippen LogP contribution in [0.3, 0.4) is 0 Å². The average Bonchev–Trinajstić information content (AvgIpc) is 2.63. The number of hydrogen-bond donors (Lipinski definition) is 0. The van der Waals surface area contributed by atoms with E-state index < -0.39 is 9.84 Å². The topological polar surface area (TPSA) is 63.7 Å². The van der Waals surface area contributed by atoms with E-state index in [9.17, 15) is 13.2 Å². The monoisotopic (exact) mass is 389 g/mol. The summed E-state index contributed by atoms with van der Waals surface area (Å²) in [6, 6.07) is 14.4. The zero-order valence-corrected chi connectivity index (χ0v) is 17.1. The molecule has 0 heterocycles. The van der Waals surface area contributed by atoms with Crippen molar-refractivity contribution >= 4 is 15.7 Å². The molecule has 0 saturated heterocycles. The number of benzene rings is 2. The molecule has 0 aliphatic carbocycles. The van der Waals surface area contributed by atoms with Gasteiger partial charge in [0.15, 0.2) is 9.84 Å². The third-order valence-corrected chi connectivity index (χ3v) is 5.69. The third-order valence-electron chi connectivity index (χ3n) is 4.56. The van der Waals surface area contributed by atoms with Crippen LogP contribution in [0.15, 0.2) is 53.4 Å². The van der Waals surface area contributed by atoms with E-state index in [1.165, 1.54) is 6.26 Å². The maximum Gasteiger partial charge on any atom is 0.222 e. The minimum Gasteiger partial charge on any atom is -0.494 e. The van der Waals surface area contributed by atoms with Crippen molar-refractivity contribution in [2.45, 2.75) is 37.6 Å². The number of hydrogen-bond acceptors (Lipinski definition) is 4. The molecule has 1 atom stereocenters. The number of aryl methyl sites for hydroxylation is 1. The molecule has 0 N–H and O–H groups in total. The molecular weight excluding hydrogens is 362 g/mol. The number of ether oxygens (including phenoxy) is 1. The van der Waals surface area contributed by atoms with Crippen LogP contribution in [0.1, 0.15) is 36.9 Å². The van der Waals surface area contributed by atoms with E-state index in [-0.39, 0.29) is 16.8 Å². The lowest BCUT2D eigenvalue weighted by Gasteiger charge is -2.25. The molecule has 0 aromatic heterocycles. The van der Waals surface area contributed by atoms with Crippen LogP contribution in [-0.4, -0.2) is 39.1 Å². The molecule has 6 heteroatoms. The summed E-state index contributed by atoms with van der Waals surface area (Å²) in [6.07, 6.45) is 2.21. The van der Waals surface area contributed by atoms with Gasteiger partial charge < -0.3 is 9.64 Å². The Morgan fingerprint density at radius 1 is 1.15 bits per heavy atom. The summed E-state index contributed by atoms with van der Waals surface area (Å²) in [4.78, 5) is 14.4. The first-order chi connectivity index (χ1) is 12.7. The first kappa shape index (κ1) is 21.0. The summed E-state index contributed by atoms with van der Waals surface area (Å²) in [5, 5.41) is 0. The van der Waals surface area contributed by atoms with Gasteiger partial charge in [0.05, 0.1) is 17.5 Å². The maximum atomic E-state index is 12.4. The van der Waals surface area contributed by atoms with E-state index in [0.717, 1.165) is 16.9 Å². The number of sulfone groups is 1. The zero-order chi connectivity index (χ0) is 20.0. The Morgan fingerprint density at radius 2 is 1.81 bits per heavy atom. The highest BCUT2D eigenvalue weighted by atomic mass is 32.2. The van der Waals surface area contributed by atoms with Crippen LogP contribution in [0.25, 0.3) is 0 Å². The predicted octanol–water partition coefficient (Wildman–Crippen LogP) is 3.78. The minimum absolute atomic E-state index is 0.0301. The Kier molecular flexibility index (Phi) is 7.02. The van der Waals surface area contributed by atoms with Crippen molar-refractivity contribution in [2.24, 2.45) is 0 Å².